The molecule has 10 heteroatoms. The van der Waals surface area contributed by atoms with Crippen molar-refractivity contribution in [2.45, 2.75) is 6.54 Å². The van der Waals surface area contributed by atoms with Gasteiger partial charge in [0.25, 0.3) is 5.56 Å². The van der Waals surface area contributed by atoms with Gasteiger partial charge in [-0.25, -0.2) is 4.79 Å². The van der Waals surface area contributed by atoms with Gasteiger partial charge in [-0.3, -0.25) is 18.9 Å². The zero-order chi connectivity index (χ0) is 20.0. The minimum absolute atomic E-state index is 0.0712. The Morgan fingerprint density at radius 2 is 1.93 bits per heavy atom. The van der Waals surface area contributed by atoms with Crippen LogP contribution in [0.5, 0.6) is 0 Å². The summed E-state index contributed by atoms with van der Waals surface area (Å²) in [5, 5.41) is 3.85. The molecule has 0 aliphatic carbocycles. The van der Waals surface area contributed by atoms with E-state index in [1.807, 2.05) is 12.2 Å². The molecule has 0 unspecified atom stereocenters. The van der Waals surface area contributed by atoms with Gasteiger partial charge in [0.05, 0.1) is 23.1 Å². The number of nitrogens with zero attached hydrogens (tertiary/aromatic N) is 5. The van der Waals surface area contributed by atoms with Crippen LogP contribution in [0.3, 0.4) is 0 Å². The van der Waals surface area contributed by atoms with Crippen LogP contribution in [0.15, 0.2) is 44.9 Å². The molecule has 0 radical (unpaired) electrons. The highest BCUT2D eigenvalue weighted by atomic mass is 35.5. The van der Waals surface area contributed by atoms with Gasteiger partial charge in [0, 0.05) is 14.1 Å². The van der Waals surface area contributed by atoms with Gasteiger partial charge in [0.15, 0.2) is 11.2 Å². The molecular formula is C18H16Cl2N6O2. The van der Waals surface area contributed by atoms with Crippen LogP contribution < -0.4 is 16.6 Å². The number of halogens is 2. The summed E-state index contributed by atoms with van der Waals surface area (Å²) in [7, 11) is 3.30. The summed E-state index contributed by atoms with van der Waals surface area (Å²) < 4.78 is 4.13. The predicted molar refractivity (Wildman–Crippen MR) is 111 cm³/mol. The minimum atomic E-state index is -0.466. The highest BCUT2D eigenvalue weighted by molar-refractivity contribution is 6.42. The quantitative estimate of drug-likeness (QED) is 0.705. The van der Waals surface area contributed by atoms with Crippen molar-refractivity contribution in [3.05, 3.63) is 66.8 Å². The lowest BCUT2D eigenvalue weighted by Gasteiger charge is -2.09. The predicted octanol–water partition coefficient (Wildman–Crippen LogP) is 2.17. The fourth-order valence-electron chi connectivity index (χ4n) is 3.08. The molecule has 1 aliphatic heterocycles. The SMILES string of the molecule is Cn1c(NC2=NCC=C2)nc2c1c(=O)n(Cc1ccc(Cl)c(Cl)c1)c(=O)n2C. The van der Waals surface area contributed by atoms with Gasteiger partial charge < -0.3 is 9.88 Å². The molecule has 2 aromatic heterocycles. The molecule has 0 saturated heterocycles. The third-order valence-corrected chi connectivity index (χ3v) is 5.31. The van der Waals surface area contributed by atoms with Gasteiger partial charge in [0.1, 0.15) is 5.84 Å². The lowest BCUT2D eigenvalue weighted by atomic mass is 10.2. The van der Waals surface area contributed by atoms with Gasteiger partial charge in [-0.15, -0.1) is 0 Å². The number of hydrogen-bond acceptors (Lipinski definition) is 5. The molecule has 1 aliphatic rings. The highest BCUT2D eigenvalue weighted by Gasteiger charge is 2.19. The first kappa shape index (κ1) is 18.5. The van der Waals surface area contributed by atoms with Crippen LogP contribution in [0, 0.1) is 0 Å². The van der Waals surface area contributed by atoms with Gasteiger partial charge >= 0.3 is 5.69 Å². The Labute approximate surface area is 169 Å². The zero-order valence-electron chi connectivity index (χ0n) is 15.1. The summed E-state index contributed by atoms with van der Waals surface area (Å²) in [4.78, 5) is 34.6. The average molecular weight is 419 g/mol. The monoisotopic (exact) mass is 418 g/mol. The van der Waals surface area contributed by atoms with Gasteiger partial charge in [0.2, 0.25) is 5.95 Å². The van der Waals surface area contributed by atoms with Crippen molar-refractivity contribution in [3.63, 3.8) is 0 Å². The number of fused-ring (bicyclic) bond motifs is 1. The van der Waals surface area contributed by atoms with E-state index in [-0.39, 0.29) is 6.54 Å². The Morgan fingerprint density at radius 1 is 1.14 bits per heavy atom. The molecule has 28 heavy (non-hydrogen) atoms. The lowest BCUT2D eigenvalue weighted by Crippen LogP contribution is -2.39. The summed E-state index contributed by atoms with van der Waals surface area (Å²) in [5.74, 6) is 1.08. The van der Waals surface area contributed by atoms with Crippen molar-refractivity contribution in [2.24, 2.45) is 19.1 Å². The van der Waals surface area contributed by atoms with Crippen molar-refractivity contribution in [2.75, 3.05) is 11.9 Å². The van der Waals surface area contributed by atoms with Crippen LogP contribution in [0.1, 0.15) is 5.56 Å². The summed E-state index contributed by atoms with van der Waals surface area (Å²) >= 11 is 12.0. The lowest BCUT2D eigenvalue weighted by molar-refractivity contribution is 0.655. The van der Waals surface area contributed by atoms with Crippen LogP contribution in [0.25, 0.3) is 11.2 Å². The summed E-state index contributed by atoms with van der Waals surface area (Å²) in [5.41, 5.74) is 0.404. The first-order valence-corrected chi connectivity index (χ1v) is 9.20. The zero-order valence-corrected chi connectivity index (χ0v) is 16.6. The molecule has 8 nitrogen and oxygen atoms in total. The summed E-state index contributed by atoms with van der Waals surface area (Å²) in [6.07, 6.45) is 3.74. The number of anilines is 1. The number of amidine groups is 1. The molecule has 1 aromatic carbocycles. The average Bonchev–Trinajstić information content (AvgIpc) is 3.29. The van der Waals surface area contributed by atoms with E-state index in [1.165, 1.54) is 4.57 Å². The van der Waals surface area contributed by atoms with Gasteiger partial charge in [-0.1, -0.05) is 35.3 Å². The highest BCUT2D eigenvalue weighted by Crippen LogP contribution is 2.23. The molecule has 0 amide bonds. The first-order chi connectivity index (χ1) is 13.4. The topological polar surface area (TPSA) is 86.2 Å². The number of nitrogens with one attached hydrogen (secondary N) is 1. The van der Waals surface area contributed by atoms with Crippen molar-refractivity contribution in [1.82, 2.24) is 18.7 Å². The Hall–Kier alpha value is -2.84. The fraction of sp³-hybridized carbons (Fsp3) is 0.222. The molecule has 0 bridgehead atoms. The Balaban J connectivity index is 1.85. The maximum atomic E-state index is 13.1. The molecule has 0 spiro atoms. The van der Waals surface area contributed by atoms with E-state index in [2.05, 4.69) is 15.3 Å². The van der Waals surface area contributed by atoms with Crippen LogP contribution in [0.4, 0.5) is 5.95 Å². The molecule has 0 atom stereocenters. The van der Waals surface area contributed by atoms with Gasteiger partial charge in [-0.05, 0) is 23.8 Å². The van der Waals surface area contributed by atoms with Crippen LogP contribution >= 0.6 is 23.2 Å². The smallest absolute Gasteiger partial charge is 0.310 e. The molecule has 3 aromatic rings. The number of rotatable bonds is 3. The third-order valence-electron chi connectivity index (χ3n) is 4.57. The summed E-state index contributed by atoms with van der Waals surface area (Å²) in [6, 6.07) is 5.00. The second kappa shape index (κ2) is 6.96. The Bertz CT molecular complexity index is 1280. The number of benzene rings is 1. The number of aryl methyl sites for hydroxylation is 2. The molecular weight excluding hydrogens is 403 g/mol. The number of imidazole rings is 1. The number of hydrogen-bond donors (Lipinski definition) is 1. The minimum Gasteiger partial charge on any atom is -0.310 e. The standard InChI is InChI=1S/C18H16Cl2N6O2/c1-24-14-15(23-17(24)22-13-4-3-7-21-13)25(2)18(28)26(16(14)27)9-10-5-6-11(19)12(20)8-10/h3-6,8H,7,9H2,1-2H3,(H,21,22,23). The normalized spacial score (nSPS) is 13.4. The molecule has 0 saturated carbocycles. The van der Waals surface area contributed by atoms with Crippen molar-refractivity contribution in [1.29, 1.82) is 0 Å². The van der Waals surface area contributed by atoms with Crippen molar-refractivity contribution >= 4 is 46.1 Å². The molecule has 0 fully saturated rings. The Kier molecular flexibility index (Phi) is 4.60. The Morgan fingerprint density at radius 3 is 2.61 bits per heavy atom. The number of aliphatic imine (C=N–C) groups is 1. The van der Waals surface area contributed by atoms with E-state index < -0.39 is 11.2 Å². The van der Waals surface area contributed by atoms with E-state index in [0.717, 1.165) is 4.57 Å². The second-order valence-electron chi connectivity index (χ2n) is 6.40. The van der Waals surface area contributed by atoms with Crippen LogP contribution in [-0.4, -0.2) is 31.1 Å². The van der Waals surface area contributed by atoms with Crippen LogP contribution in [0.2, 0.25) is 10.0 Å². The fourth-order valence-corrected chi connectivity index (χ4v) is 3.40. The molecule has 3 heterocycles. The maximum Gasteiger partial charge on any atom is 0.332 e. The second-order valence-corrected chi connectivity index (χ2v) is 7.22. The molecule has 1 N–H and O–H groups in total. The first-order valence-electron chi connectivity index (χ1n) is 8.45. The van der Waals surface area contributed by atoms with Crippen molar-refractivity contribution in [3.8, 4) is 0 Å². The molecule has 4 rings (SSSR count). The number of aromatic nitrogens is 4. The van der Waals surface area contributed by atoms with E-state index in [0.29, 0.717) is 45.1 Å². The maximum absolute atomic E-state index is 13.1. The van der Waals surface area contributed by atoms with Crippen molar-refractivity contribution < 1.29 is 0 Å². The summed E-state index contributed by atoms with van der Waals surface area (Å²) in [6.45, 7) is 0.670. The van der Waals surface area contributed by atoms with E-state index in [1.54, 1.807) is 36.9 Å². The van der Waals surface area contributed by atoms with E-state index >= 15 is 0 Å². The van der Waals surface area contributed by atoms with E-state index in [9.17, 15) is 9.59 Å². The van der Waals surface area contributed by atoms with Gasteiger partial charge in [-0.2, -0.15) is 4.98 Å². The van der Waals surface area contributed by atoms with Crippen LogP contribution in [-0.2, 0) is 20.6 Å². The third kappa shape index (κ3) is 3.04. The van der Waals surface area contributed by atoms with E-state index in [4.69, 9.17) is 23.2 Å². The molecule has 144 valence electrons. The largest absolute Gasteiger partial charge is 0.332 e.